The lowest BCUT2D eigenvalue weighted by Crippen LogP contribution is -2.28. The highest BCUT2D eigenvalue weighted by molar-refractivity contribution is 7.90. The molecule has 1 aromatic carbocycles. The summed E-state index contributed by atoms with van der Waals surface area (Å²) in [7, 11) is -0.434. The first-order valence-electron chi connectivity index (χ1n) is 5.95. The molecular formula is C12H21N3O2S. The highest BCUT2D eigenvalue weighted by Crippen LogP contribution is 2.12. The molecule has 0 aliphatic heterocycles. The van der Waals surface area contributed by atoms with E-state index in [0.717, 1.165) is 29.4 Å². The number of benzene rings is 1. The minimum Gasteiger partial charge on any atom is -0.313 e. The molecule has 102 valence electrons. The Morgan fingerprint density at radius 2 is 1.78 bits per heavy atom. The Morgan fingerprint density at radius 1 is 1.17 bits per heavy atom. The van der Waals surface area contributed by atoms with E-state index in [1.807, 2.05) is 12.1 Å². The van der Waals surface area contributed by atoms with Crippen LogP contribution in [-0.2, 0) is 16.8 Å². The van der Waals surface area contributed by atoms with Crippen molar-refractivity contribution in [1.82, 2.24) is 9.62 Å². The molecule has 0 unspecified atom stereocenters. The number of rotatable bonds is 7. The number of hydrogen-bond donors (Lipinski definition) is 2. The van der Waals surface area contributed by atoms with Crippen molar-refractivity contribution in [3.05, 3.63) is 29.8 Å². The van der Waals surface area contributed by atoms with Crippen molar-refractivity contribution < 1.29 is 8.42 Å². The zero-order chi connectivity index (χ0) is 13.6. The fraction of sp³-hybridized carbons (Fsp3) is 0.500. The summed E-state index contributed by atoms with van der Waals surface area (Å²) in [6, 6.07) is 7.36. The maximum atomic E-state index is 11.6. The number of anilines is 1. The van der Waals surface area contributed by atoms with Crippen molar-refractivity contribution in [1.29, 1.82) is 0 Å². The van der Waals surface area contributed by atoms with Crippen LogP contribution in [0.2, 0.25) is 0 Å². The molecule has 0 amide bonds. The van der Waals surface area contributed by atoms with Gasteiger partial charge in [-0.3, -0.25) is 4.72 Å². The van der Waals surface area contributed by atoms with Crippen LogP contribution in [0.15, 0.2) is 24.3 Å². The second-order valence-corrected chi connectivity index (χ2v) is 6.15. The second-order valence-electron chi connectivity index (χ2n) is 4.26. The van der Waals surface area contributed by atoms with Crippen LogP contribution in [-0.4, -0.2) is 33.4 Å². The average Bonchev–Trinajstić information content (AvgIpc) is 2.31. The fourth-order valence-corrected chi connectivity index (χ4v) is 1.96. The van der Waals surface area contributed by atoms with Crippen molar-refractivity contribution in [3.63, 3.8) is 0 Å². The van der Waals surface area contributed by atoms with Gasteiger partial charge in [-0.25, -0.2) is 0 Å². The van der Waals surface area contributed by atoms with Gasteiger partial charge >= 0.3 is 10.2 Å². The number of nitrogens with zero attached hydrogens (tertiary/aromatic N) is 1. The summed E-state index contributed by atoms with van der Waals surface area (Å²) >= 11 is 0. The van der Waals surface area contributed by atoms with Crippen LogP contribution in [0.1, 0.15) is 18.9 Å². The van der Waals surface area contributed by atoms with Gasteiger partial charge in [0.05, 0.1) is 0 Å². The fourth-order valence-electron chi connectivity index (χ4n) is 1.34. The topological polar surface area (TPSA) is 61.4 Å². The maximum absolute atomic E-state index is 11.6. The summed E-state index contributed by atoms with van der Waals surface area (Å²) in [5, 5.41) is 3.29. The zero-order valence-corrected chi connectivity index (χ0v) is 11.9. The van der Waals surface area contributed by atoms with Gasteiger partial charge in [-0.2, -0.15) is 12.7 Å². The lowest BCUT2D eigenvalue weighted by atomic mass is 10.2. The first kappa shape index (κ1) is 14.9. The van der Waals surface area contributed by atoms with Gasteiger partial charge in [0.2, 0.25) is 0 Å². The molecule has 1 rings (SSSR count). The van der Waals surface area contributed by atoms with E-state index < -0.39 is 10.2 Å². The van der Waals surface area contributed by atoms with Crippen molar-refractivity contribution in [2.75, 3.05) is 25.4 Å². The Hall–Kier alpha value is -1.11. The van der Waals surface area contributed by atoms with Crippen LogP contribution in [0.25, 0.3) is 0 Å². The molecule has 0 saturated heterocycles. The third-order valence-electron chi connectivity index (χ3n) is 2.44. The lowest BCUT2D eigenvalue weighted by molar-refractivity contribution is 0.527. The average molecular weight is 271 g/mol. The first-order valence-corrected chi connectivity index (χ1v) is 7.39. The van der Waals surface area contributed by atoms with E-state index >= 15 is 0 Å². The summed E-state index contributed by atoms with van der Waals surface area (Å²) < 4.78 is 26.8. The van der Waals surface area contributed by atoms with E-state index in [2.05, 4.69) is 17.0 Å². The smallest absolute Gasteiger partial charge is 0.301 e. The van der Waals surface area contributed by atoms with Crippen LogP contribution >= 0.6 is 0 Å². The van der Waals surface area contributed by atoms with Crippen LogP contribution in [0, 0.1) is 0 Å². The van der Waals surface area contributed by atoms with E-state index in [4.69, 9.17) is 0 Å². The van der Waals surface area contributed by atoms with Crippen molar-refractivity contribution >= 4 is 15.9 Å². The van der Waals surface area contributed by atoms with E-state index in [-0.39, 0.29) is 0 Å². The van der Waals surface area contributed by atoms with E-state index in [9.17, 15) is 8.42 Å². The molecule has 0 radical (unpaired) electrons. The summed E-state index contributed by atoms with van der Waals surface area (Å²) in [6.07, 6.45) is 1.10. The second kappa shape index (κ2) is 6.72. The van der Waals surface area contributed by atoms with Crippen molar-refractivity contribution in [3.8, 4) is 0 Å². The molecule has 5 nitrogen and oxygen atoms in total. The maximum Gasteiger partial charge on any atom is 0.301 e. The molecule has 0 fully saturated rings. The molecule has 2 N–H and O–H groups in total. The largest absolute Gasteiger partial charge is 0.313 e. The van der Waals surface area contributed by atoms with Gasteiger partial charge in [-0.15, -0.1) is 0 Å². The van der Waals surface area contributed by atoms with Gasteiger partial charge in [0, 0.05) is 26.3 Å². The molecule has 0 bridgehead atoms. The molecule has 0 spiro atoms. The van der Waals surface area contributed by atoms with Crippen LogP contribution in [0.5, 0.6) is 0 Å². The lowest BCUT2D eigenvalue weighted by Gasteiger charge is -2.13. The van der Waals surface area contributed by atoms with Gasteiger partial charge in [0.25, 0.3) is 0 Å². The van der Waals surface area contributed by atoms with Gasteiger partial charge in [-0.05, 0) is 30.7 Å². The molecule has 0 heterocycles. The summed E-state index contributed by atoms with van der Waals surface area (Å²) in [5.41, 5.74) is 1.71. The van der Waals surface area contributed by atoms with Crippen molar-refractivity contribution in [2.24, 2.45) is 0 Å². The normalized spacial score (nSPS) is 11.8. The highest BCUT2D eigenvalue weighted by Gasteiger charge is 2.12. The zero-order valence-electron chi connectivity index (χ0n) is 11.1. The molecule has 0 aromatic heterocycles. The Morgan fingerprint density at radius 3 is 2.28 bits per heavy atom. The van der Waals surface area contributed by atoms with Crippen LogP contribution in [0.3, 0.4) is 0 Å². The number of hydrogen-bond acceptors (Lipinski definition) is 3. The molecule has 0 aliphatic rings. The summed E-state index contributed by atoms with van der Waals surface area (Å²) in [6.45, 7) is 3.90. The Labute approximate surface area is 109 Å². The Balaban J connectivity index is 2.61. The van der Waals surface area contributed by atoms with E-state index in [1.165, 1.54) is 14.1 Å². The molecule has 1 aromatic rings. The Bertz CT molecular complexity index is 455. The molecule has 0 atom stereocenters. The summed E-state index contributed by atoms with van der Waals surface area (Å²) in [5.74, 6) is 0. The minimum absolute atomic E-state index is 0.572. The van der Waals surface area contributed by atoms with E-state index in [0.29, 0.717) is 5.69 Å². The van der Waals surface area contributed by atoms with Gasteiger partial charge in [0.1, 0.15) is 0 Å². The predicted molar refractivity (Wildman–Crippen MR) is 74.7 cm³/mol. The van der Waals surface area contributed by atoms with Crippen LogP contribution < -0.4 is 10.0 Å². The standard InChI is InChI=1S/C12H21N3O2S/c1-4-9-13-10-11-5-7-12(8-6-11)14-18(16,17)15(2)3/h5-8,13-14H,4,9-10H2,1-3H3. The quantitative estimate of drug-likeness (QED) is 0.737. The van der Waals surface area contributed by atoms with Gasteiger partial charge in [0.15, 0.2) is 0 Å². The Kier molecular flexibility index (Phi) is 5.58. The highest BCUT2D eigenvalue weighted by atomic mass is 32.2. The monoisotopic (exact) mass is 271 g/mol. The van der Waals surface area contributed by atoms with Crippen molar-refractivity contribution in [2.45, 2.75) is 19.9 Å². The van der Waals surface area contributed by atoms with Crippen LogP contribution in [0.4, 0.5) is 5.69 Å². The van der Waals surface area contributed by atoms with Gasteiger partial charge in [-0.1, -0.05) is 19.1 Å². The molecule has 6 heteroatoms. The van der Waals surface area contributed by atoms with E-state index in [1.54, 1.807) is 12.1 Å². The molecule has 18 heavy (non-hydrogen) atoms. The predicted octanol–water partition coefficient (Wildman–Crippen LogP) is 1.40. The van der Waals surface area contributed by atoms with Gasteiger partial charge < -0.3 is 5.32 Å². The first-order chi connectivity index (χ1) is 8.45. The third kappa shape index (κ3) is 4.64. The summed E-state index contributed by atoms with van der Waals surface area (Å²) in [4.78, 5) is 0. The molecule has 0 saturated carbocycles. The number of nitrogens with one attached hydrogen (secondary N) is 2. The molecular weight excluding hydrogens is 250 g/mol. The SMILES string of the molecule is CCCNCc1ccc(NS(=O)(=O)N(C)C)cc1. The molecule has 0 aliphatic carbocycles. The minimum atomic E-state index is -3.42. The third-order valence-corrected chi connectivity index (χ3v) is 3.89.